The van der Waals surface area contributed by atoms with E-state index in [2.05, 4.69) is 4.90 Å². The fourth-order valence-corrected chi connectivity index (χ4v) is 4.29. The van der Waals surface area contributed by atoms with E-state index in [9.17, 15) is 12.8 Å². The summed E-state index contributed by atoms with van der Waals surface area (Å²) in [6.45, 7) is 6.62. The van der Waals surface area contributed by atoms with Gasteiger partial charge in [-0.25, -0.2) is 12.8 Å². The van der Waals surface area contributed by atoms with E-state index < -0.39 is 15.8 Å². The standard InChI is InChI=1S/C14H21FN2O2S/c1-10-5-6-14(13(15)9-10)20(18,19)17-8-7-16(4)11(2)12(17)3/h5-6,9,11-12H,7-8H2,1-4H3/t11-,12-/m1/s1. The lowest BCUT2D eigenvalue weighted by Gasteiger charge is -2.42. The van der Waals surface area contributed by atoms with Crippen LogP contribution in [0.2, 0.25) is 0 Å². The van der Waals surface area contributed by atoms with Crippen LogP contribution in [0, 0.1) is 12.7 Å². The molecule has 0 spiro atoms. The second kappa shape index (κ2) is 5.42. The van der Waals surface area contributed by atoms with Crippen LogP contribution in [0.25, 0.3) is 0 Å². The maximum atomic E-state index is 14.0. The first kappa shape index (κ1) is 15.4. The predicted molar refractivity (Wildman–Crippen MR) is 76.6 cm³/mol. The van der Waals surface area contributed by atoms with Crippen molar-refractivity contribution in [3.05, 3.63) is 29.6 Å². The van der Waals surface area contributed by atoms with E-state index in [1.165, 1.54) is 16.4 Å². The number of likely N-dealkylation sites (N-methyl/N-ethyl adjacent to an activating group) is 1. The summed E-state index contributed by atoms with van der Waals surface area (Å²) in [4.78, 5) is 1.88. The number of hydrogen-bond acceptors (Lipinski definition) is 3. The molecule has 0 unspecified atom stereocenters. The average Bonchev–Trinajstić information content (AvgIpc) is 2.35. The molecule has 1 aliphatic heterocycles. The van der Waals surface area contributed by atoms with Crippen LogP contribution in [-0.4, -0.2) is 49.8 Å². The molecule has 1 heterocycles. The summed E-state index contributed by atoms with van der Waals surface area (Å²) < 4.78 is 40.7. The van der Waals surface area contributed by atoms with Crippen molar-refractivity contribution in [2.45, 2.75) is 37.8 Å². The summed E-state index contributed by atoms with van der Waals surface area (Å²) in [6.07, 6.45) is 0. The number of halogens is 1. The smallest absolute Gasteiger partial charge is 0.246 e. The Balaban J connectivity index is 2.40. The van der Waals surface area contributed by atoms with E-state index in [-0.39, 0.29) is 17.0 Å². The number of piperazine rings is 1. The van der Waals surface area contributed by atoms with Crippen LogP contribution >= 0.6 is 0 Å². The first-order chi connectivity index (χ1) is 9.25. The van der Waals surface area contributed by atoms with Crippen LogP contribution in [0.5, 0.6) is 0 Å². The van der Waals surface area contributed by atoms with Crippen molar-refractivity contribution < 1.29 is 12.8 Å². The van der Waals surface area contributed by atoms with Gasteiger partial charge >= 0.3 is 0 Å². The quantitative estimate of drug-likeness (QED) is 0.837. The van der Waals surface area contributed by atoms with Crippen LogP contribution in [0.4, 0.5) is 4.39 Å². The number of rotatable bonds is 2. The predicted octanol–water partition coefficient (Wildman–Crippen LogP) is 1.85. The molecule has 1 saturated heterocycles. The van der Waals surface area contributed by atoms with Gasteiger partial charge in [-0.2, -0.15) is 4.31 Å². The largest absolute Gasteiger partial charge is 0.301 e. The topological polar surface area (TPSA) is 40.6 Å². The highest BCUT2D eigenvalue weighted by Crippen LogP contribution is 2.26. The fourth-order valence-electron chi connectivity index (χ4n) is 2.55. The molecule has 0 bridgehead atoms. The minimum atomic E-state index is -3.78. The van der Waals surface area contributed by atoms with Crippen LogP contribution in [0.1, 0.15) is 19.4 Å². The summed E-state index contributed by atoms with van der Waals surface area (Å²) in [5, 5.41) is 0. The second-order valence-corrected chi connectivity index (χ2v) is 7.37. The van der Waals surface area contributed by atoms with Gasteiger partial charge in [-0.1, -0.05) is 6.07 Å². The molecule has 0 N–H and O–H groups in total. The van der Waals surface area contributed by atoms with Gasteiger partial charge in [0.15, 0.2) is 0 Å². The number of hydrogen-bond donors (Lipinski definition) is 0. The zero-order valence-corrected chi connectivity index (χ0v) is 13.1. The molecule has 112 valence electrons. The van der Waals surface area contributed by atoms with Gasteiger partial charge in [0.05, 0.1) is 0 Å². The van der Waals surface area contributed by atoms with E-state index in [1.54, 1.807) is 13.0 Å². The third-order valence-electron chi connectivity index (χ3n) is 4.19. The van der Waals surface area contributed by atoms with Crippen LogP contribution < -0.4 is 0 Å². The Morgan fingerprint density at radius 1 is 1.20 bits per heavy atom. The number of nitrogens with zero attached hydrogens (tertiary/aromatic N) is 2. The first-order valence-electron chi connectivity index (χ1n) is 6.73. The molecule has 2 rings (SSSR count). The summed E-state index contributed by atoms with van der Waals surface area (Å²) in [7, 11) is -1.81. The third-order valence-corrected chi connectivity index (χ3v) is 6.21. The van der Waals surface area contributed by atoms with Crippen molar-refractivity contribution in [2.24, 2.45) is 0 Å². The zero-order valence-electron chi connectivity index (χ0n) is 12.3. The average molecular weight is 300 g/mol. The minimum Gasteiger partial charge on any atom is -0.301 e. The van der Waals surface area contributed by atoms with Gasteiger partial charge in [-0.15, -0.1) is 0 Å². The van der Waals surface area contributed by atoms with Gasteiger partial charge in [0.1, 0.15) is 10.7 Å². The van der Waals surface area contributed by atoms with Gasteiger partial charge in [0.25, 0.3) is 0 Å². The Labute approximate surface area is 120 Å². The van der Waals surface area contributed by atoms with E-state index >= 15 is 0 Å². The fraction of sp³-hybridized carbons (Fsp3) is 0.571. The Morgan fingerprint density at radius 3 is 2.45 bits per heavy atom. The molecule has 1 aromatic carbocycles. The molecule has 0 saturated carbocycles. The second-order valence-electron chi connectivity index (χ2n) is 5.51. The Morgan fingerprint density at radius 2 is 1.85 bits per heavy atom. The molecule has 1 aromatic rings. The summed E-state index contributed by atoms with van der Waals surface area (Å²) in [5.41, 5.74) is 0.709. The van der Waals surface area contributed by atoms with E-state index in [4.69, 9.17) is 0 Å². The van der Waals surface area contributed by atoms with Crippen molar-refractivity contribution in [1.29, 1.82) is 0 Å². The van der Waals surface area contributed by atoms with Gasteiger partial charge in [0, 0.05) is 25.2 Å². The molecule has 4 nitrogen and oxygen atoms in total. The van der Waals surface area contributed by atoms with Gasteiger partial charge in [-0.3, -0.25) is 0 Å². The molecule has 1 aliphatic rings. The normalized spacial score (nSPS) is 25.9. The molecule has 0 radical (unpaired) electrons. The molecule has 2 atom stereocenters. The van der Waals surface area contributed by atoms with E-state index in [0.717, 1.165) is 0 Å². The highest BCUT2D eigenvalue weighted by Gasteiger charge is 2.37. The van der Waals surface area contributed by atoms with E-state index in [0.29, 0.717) is 18.7 Å². The lowest BCUT2D eigenvalue weighted by molar-refractivity contribution is 0.109. The van der Waals surface area contributed by atoms with E-state index in [1.807, 2.05) is 20.9 Å². The number of sulfonamides is 1. The molecule has 1 fully saturated rings. The zero-order chi connectivity index (χ0) is 15.1. The Hall–Kier alpha value is -0.980. The maximum absolute atomic E-state index is 14.0. The summed E-state index contributed by atoms with van der Waals surface area (Å²) >= 11 is 0. The highest BCUT2D eigenvalue weighted by atomic mass is 32.2. The van der Waals surface area contributed by atoms with Gasteiger partial charge in [-0.05, 0) is 45.5 Å². The lowest BCUT2D eigenvalue weighted by Crippen LogP contribution is -2.57. The molecule has 0 aromatic heterocycles. The molecule has 0 amide bonds. The molecular weight excluding hydrogens is 279 g/mol. The van der Waals surface area contributed by atoms with Crippen LogP contribution in [-0.2, 0) is 10.0 Å². The molecule has 20 heavy (non-hydrogen) atoms. The van der Waals surface area contributed by atoms with Crippen LogP contribution in [0.15, 0.2) is 23.1 Å². The van der Waals surface area contributed by atoms with Crippen molar-refractivity contribution in [3.8, 4) is 0 Å². The third kappa shape index (κ3) is 2.60. The summed E-state index contributed by atoms with van der Waals surface area (Å²) in [6, 6.07) is 4.17. The Kier molecular flexibility index (Phi) is 4.18. The van der Waals surface area contributed by atoms with Crippen molar-refractivity contribution in [3.63, 3.8) is 0 Å². The van der Waals surface area contributed by atoms with Gasteiger partial charge < -0.3 is 4.90 Å². The number of aryl methyl sites for hydroxylation is 1. The van der Waals surface area contributed by atoms with Crippen molar-refractivity contribution in [2.75, 3.05) is 20.1 Å². The minimum absolute atomic E-state index is 0.104. The van der Waals surface area contributed by atoms with Gasteiger partial charge in [0.2, 0.25) is 10.0 Å². The monoisotopic (exact) mass is 300 g/mol. The lowest BCUT2D eigenvalue weighted by atomic mass is 10.1. The molecular formula is C14H21FN2O2S. The molecule has 0 aliphatic carbocycles. The Bertz CT molecular complexity index is 603. The summed E-state index contributed by atoms with van der Waals surface area (Å²) in [5.74, 6) is -0.677. The first-order valence-corrected chi connectivity index (χ1v) is 8.17. The van der Waals surface area contributed by atoms with Crippen LogP contribution in [0.3, 0.4) is 0 Å². The van der Waals surface area contributed by atoms with Crippen molar-refractivity contribution in [1.82, 2.24) is 9.21 Å². The number of benzene rings is 1. The van der Waals surface area contributed by atoms with Crippen molar-refractivity contribution >= 4 is 10.0 Å². The maximum Gasteiger partial charge on any atom is 0.246 e. The SMILES string of the molecule is Cc1ccc(S(=O)(=O)N2CCN(C)[C@H](C)[C@H]2C)c(F)c1. The molecule has 6 heteroatoms. The highest BCUT2D eigenvalue weighted by molar-refractivity contribution is 7.89.